The summed E-state index contributed by atoms with van der Waals surface area (Å²) in [7, 11) is 3.68. The molecule has 0 amide bonds. The van der Waals surface area contributed by atoms with E-state index in [0.29, 0.717) is 3.57 Å². The number of halogens is 2. The number of ether oxygens (including phenoxy) is 4. The molecule has 0 aromatic heterocycles. The van der Waals surface area contributed by atoms with Crippen molar-refractivity contribution in [2.75, 3.05) is 39.6 Å². The van der Waals surface area contributed by atoms with Gasteiger partial charge in [-0.3, -0.25) is 0 Å². The van der Waals surface area contributed by atoms with Crippen molar-refractivity contribution in [2.24, 2.45) is 0 Å². The first-order valence-corrected chi connectivity index (χ1v) is 7.81. The number of hydrogen-bond donors (Lipinski definition) is 0. The summed E-state index contributed by atoms with van der Waals surface area (Å²) >= 11 is 1.83. The number of anilines is 1. The molecule has 7 nitrogen and oxygen atoms in total. The molecule has 130 valence electrons. The summed E-state index contributed by atoms with van der Waals surface area (Å²) in [5, 5.41) is 0. The van der Waals surface area contributed by atoms with Crippen LogP contribution in [0.3, 0.4) is 0 Å². The SMILES string of the molecule is COC(=O)C1=C(C(=O)OC)N(c2ccc(I)c(F)c2OC)COC1. The highest BCUT2D eigenvalue weighted by Crippen LogP contribution is 2.37. The second kappa shape index (κ2) is 7.79. The molecule has 1 aliphatic heterocycles. The lowest BCUT2D eigenvalue weighted by Gasteiger charge is -2.32. The molecule has 0 bridgehead atoms. The molecule has 1 aliphatic rings. The molecule has 1 aromatic rings. The molecule has 0 spiro atoms. The van der Waals surface area contributed by atoms with Crippen LogP contribution in [-0.4, -0.2) is 46.6 Å². The summed E-state index contributed by atoms with van der Waals surface area (Å²) in [4.78, 5) is 25.5. The molecule has 0 unspecified atom stereocenters. The van der Waals surface area contributed by atoms with Gasteiger partial charge in [-0.2, -0.15) is 0 Å². The monoisotopic (exact) mass is 451 g/mol. The van der Waals surface area contributed by atoms with Crippen molar-refractivity contribution < 1.29 is 32.9 Å². The van der Waals surface area contributed by atoms with Crippen molar-refractivity contribution in [3.63, 3.8) is 0 Å². The van der Waals surface area contributed by atoms with Gasteiger partial charge in [-0.15, -0.1) is 0 Å². The summed E-state index contributed by atoms with van der Waals surface area (Å²) in [5.74, 6) is -2.15. The minimum atomic E-state index is -0.764. The summed E-state index contributed by atoms with van der Waals surface area (Å²) in [6.07, 6.45) is 0. The molecule has 0 radical (unpaired) electrons. The average molecular weight is 451 g/mol. The predicted molar refractivity (Wildman–Crippen MR) is 90.0 cm³/mol. The maximum absolute atomic E-state index is 14.3. The molecule has 0 N–H and O–H groups in total. The van der Waals surface area contributed by atoms with Crippen molar-refractivity contribution >= 4 is 40.2 Å². The second-order valence-corrected chi connectivity index (χ2v) is 5.79. The van der Waals surface area contributed by atoms with E-state index in [1.54, 1.807) is 6.07 Å². The third-order valence-electron chi connectivity index (χ3n) is 3.36. The van der Waals surface area contributed by atoms with Gasteiger partial charge in [0.05, 0.1) is 42.8 Å². The number of hydrogen-bond acceptors (Lipinski definition) is 7. The van der Waals surface area contributed by atoms with Gasteiger partial charge in [-0.25, -0.2) is 14.0 Å². The van der Waals surface area contributed by atoms with Crippen LogP contribution in [0.25, 0.3) is 0 Å². The predicted octanol–water partition coefficient (Wildman–Crippen LogP) is 1.83. The molecule has 24 heavy (non-hydrogen) atoms. The van der Waals surface area contributed by atoms with Crippen LogP contribution in [0.15, 0.2) is 23.4 Å². The normalized spacial score (nSPS) is 14.5. The fourth-order valence-corrected chi connectivity index (χ4v) is 2.69. The molecular formula is C15H15FINO6. The standard InChI is InChI=1S/C15H15FINO6/c1-21-13-10(5-4-9(17)11(13)16)18-7-24-6-8(14(19)22-2)12(18)15(20)23-3/h4-5H,6-7H2,1-3H3. The minimum absolute atomic E-state index is 0.0170. The molecule has 0 aliphatic carbocycles. The first-order chi connectivity index (χ1) is 11.5. The lowest BCUT2D eigenvalue weighted by atomic mass is 10.1. The Hall–Kier alpha value is -1.88. The molecule has 1 heterocycles. The van der Waals surface area contributed by atoms with Gasteiger partial charge in [0.1, 0.15) is 12.4 Å². The quantitative estimate of drug-likeness (QED) is 0.511. The minimum Gasteiger partial charge on any atom is -0.492 e. The molecule has 0 fully saturated rings. The van der Waals surface area contributed by atoms with E-state index in [0.717, 1.165) is 0 Å². The maximum atomic E-state index is 14.3. The molecular weight excluding hydrogens is 436 g/mol. The van der Waals surface area contributed by atoms with Gasteiger partial charge in [0.2, 0.25) is 0 Å². The van der Waals surface area contributed by atoms with E-state index < -0.39 is 17.8 Å². The molecule has 1 aromatic carbocycles. The summed E-state index contributed by atoms with van der Waals surface area (Å²) in [5.41, 5.74) is 0.142. The van der Waals surface area contributed by atoms with E-state index >= 15 is 0 Å². The highest BCUT2D eigenvalue weighted by Gasteiger charge is 2.34. The Balaban J connectivity index is 2.66. The van der Waals surface area contributed by atoms with Gasteiger partial charge in [-0.05, 0) is 34.7 Å². The lowest BCUT2D eigenvalue weighted by molar-refractivity contribution is -0.140. The Morgan fingerprint density at radius 1 is 1.21 bits per heavy atom. The van der Waals surface area contributed by atoms with Gasteiger partial charge in [0.25, 0.3) is 0 Å². The largest absolute Gasteiger partial charge is 0.492 e. The van der Waals surface area contributed by atoms with E-state index in [-0.39, 0.29) is 36.0 Å². The second-order valence-electron chi connectivity index (χ2n) is 4.63. The Bertz CT molecular complexity index is 705. The van der Waals surface area contributed by atoms with Gasteiger partial charge in [0, 0.05) is 0 Å². The number of carbonyl (C=O) groups is 2. The fourth-order valence-electron chi connectivity index (χ4n) is 2.26. The first-order valence-electron chi connectivity index (χ1n) is 6.73. The summed E-state index contributed by atoms with van der Waals surface area (Å²) in [6.45, 7) is -0.204. The van der Waals surface area contributed by atoms with Crippen molar-refractivity contribution in [1.29, 1.82) is 0 Å². The zero-order valence-electron chi connectivity index (χ0n) is 13.2. The highest BCUT2D eigenvalue weighted by molar-refractivity contribution is 14.1. The molecule has 0 atom stereocenters. The smallest absolute Gasteiger partial charge is 0.355 e. The van der Waals surface area contributed by atoms with Crippen LogP contribution in [0.5, 0.6) is 5.75 Å². The lowest BCUT2D eigenvalue weighted by Crippen LogP contribution is -2.39. The van der Waals surface area contributed by atoms with E-state index in [4.69, 9.17) is 14.2 Å². The zero-order chi connectivity index (χ0) is 17.9. The van der Waals surface area contributed by atoms with Crippen molar-refractivity contribution in [3.05, 3.63) is 32.8 Å². The van der Waals surface area contributed by atoms with Crippen LogP contribution in [0.2, 0.25) is 0 Å². The number of methoxy groups -OCH3 is 3. The Kier molecular flexibility index (Phi) is 5.99. The third-order valence-corrected chi connectivity index (χ3v) is 4.19. The van der Waals surface area contributed by atoms with Gasteiger partial charge < -0.3 is 23.8 Å². The topological polar surface area (TPSA) is 74.3 Å². The number of esters is 2. The van der Waals surface area contributed by atoms with Crippen LogP contribution in [0, 0.1) is 9.39 Å². The molecule has 0 saturated heterocycles. The van der Waals surface area contributed by atoms with Gasteiger partial charge in [0.15, 0.2) is 11.6 Å². The van der Waals surface area contributed by atoms with Crippen molar-refractivity contribution in [2.45, 2.75) is 0 Å². The number of nitrogens with zero attached hydrogens (tertiary/aromatic N) is 1. The van der Waals surface area contributed by atoms with Gasteiger partial charge >= 0.3 is 11.9 Å². The third kappa shape index (κ3) is 3.31. The van der Waals surface area contributed by atoms with E-state index in [2.05, 4.69) is 4.74 Å². The molecule has 9 heteroatoms. The average Bonchev–Trinajstić information content (AvgIpc) is 2.61. The molecule has 0 saturated carbocycles. The number of rotatable bonds is 4. The van der Waals surface area contributed by atoms with Crippen molar-refractivity contribution in [3.8, 4) is 5.75 Å². The van der Waals surface area contributed by atoms with Crippen LogP contribution in [0.4, 0.5) is 10.1 Å². The van der Waals surface area contributed by atoms with Gasteiger partial charge in [-0.1, -0.05) is 0 Å². The Morgan fingerprint density at radius 2 is 1.88 bits per heavy atom. The van der Waals surface area contributed by atoms with Crippen LogP contribution >= 0.6 is 22.6 Å². The Labute approximate surface area is 151 Å². The Morgan fingerprint density at radius 3 is 2.46 bits per heavy atom. The molecule has 2 rings (SSSR count). The summed E-state index contributed by atoms with van der Waals surface area (Å²) < 4.78 is 34.6. The van der Waals surface area contributed by atoms with Crippen molar-refractivity contribution in [1.82, 2.24) is 0 Å². The maximum Gasteiger partial charge on any atom is 0.355 e. The van der Waals surface area contributed by atoms with E-state index in [1.165, 1.54) is 32.3 Å². The van der Waals surface area contributed by atoms with Crippen LogP contribution < -0.4 is 9.64 Å². The van der Waals surface area contributed by atoms with Crippen LogP contribution in [0.1, 0.15) is 0 Å². The number of benzene rings is 1. The van der Waals surface area contributed by atoms with Crippen LogP contribution in [-0.2, 0) is 23.8 Å². The first kappa shape index (κ1) is 18.5. The highest BCUT2D eigenvalue weighted by atomic mass is 127. The zero-order valence-corrected chi connectivity index (χ0v) is 15.4. The fraction of sp³-hybridized carbons (Fsp3) is 0.333. The summed E-state index contributed by atoms with van der Waals surface area (Å²) in [6, 6.07) is 3.09. The van der Waals surface area contributed by atoms with E-state index in [9.17, 15) is 14.0 Å². The number of carbonyl (C=O) groups excluding carboxylic acids is 2. The van der Waals surface area contributed by atoms with E-state index in [1.807, 2.05) is 22.6 Å².